The monoisotopic (exact) mass is 435 g/mol. The minimum Gasteiger partial charge on any atom is -0.481 e. The fourth-order valence-corrected chi connectivity index (χ4v) is 3.17. The normalized spacial score (nSPS) is 13.2. The summed E-state index contributed by atoms with van der Waals surface area (Å²) in [5, 5.41) is 11.6. The molecule has 0 aliphatic carbocycles. The van der Waals surface area contributed by atoms with Crippen LogP contribution < -0.4 is 11.1 Å². The van der Waals surface area contributed by atoms with Gasteiger partial charge in [-0.3, -0.25) is 14.4 Å². The molecule has 1 rings (SSSR count). The van der Waals surface area contributed by atoms with Gasteiger partial charge in [0, 0.05) is 12.0 Å². The Kier molecular flexibility index (Phi) is 9.48. The van der Waals surface area contributed by atoms with Crippen LogP contribution in [0.3, 0.4) is 0 Å². The molecule has 0 unspecified atom stereocenters. The van der Waals surface area contributed by atoms with Crippen molar-refractivity contribution in [1.29, 1.82) is 0 Å². The van der Waals surface area contributed by atoms with Crippen molar-refractivity contribution in [2.75, 3.05) is 0 Å². The Morgan fingerprint density at radius 3 is 2.16 bits per heavy atom. The van der Waals surface area contributed by atoms with Crippen LogP contribution in [0.5, 0.6) is 0 Å². The number of hydrogen-bond donors (Lipinski definition) is 3. The predicted octanol–water partition coefficient (Wildman–Crippen LogP) is 2.28. The maximum Gasteiger partial charge on any atom is 0.408 e. The van der Waals surface area contributed by atoms with Gasteiger partial charge in [-0.2, -0.15) is 0 Å². The molecule has 172 valence electrons. The first-order valence-electron chi connectivity index (χ1n) is 10.2. The van der Waals surface area contributed by atoms with Crippen molar-refractivity contribution >= 4 is 23.9 Å². The minimum absolute atomic E-state index is 0.0389. The standard InChI is InChI=1S/C22H33N3O6/c1-14(2)18(24-21(30)31-13-15-9-7-6-8-10-15)20(29)25(22(3,4)5)16(19(23)28)11-12-17(26)27/h6-10,14,16,18H,11-13H2,1-5H3,(H2,23,28)(H,24,30)(H,26,27)/t16-,18+/m1/s1. The van der Waals surface area contributed by atoms with Gasteiger partial charge in [0.2, 0.25) is 11.8 Å². The van der Waals surface area contributed by atoms with Crippen LogP contribution in [0, 0.1) is 5.92 Å². The van der Waals surface area contributed by atoms with Crippen molar-refractivity contribution in [3.05, 3.63) is 35.9 Å². The van der Waals surface area contributed by atoms with Crippen molar-refractivity contribution in [2.45, 2.75) is 71.7 Å². The van der Waals surface area contributed by atoms with E-state index in [1.54, 1.807) is 46.8 Å². The lowest BCUT2D eigenvalue weighted by Crippen LogP contribution is -2.62. The molecule has 0 saturated carbocycles. The number of hydrogen-bond acceptors (Lipinski definition) is 5. The zero-order valence-corrected chi connectivity index (χ0v) is 18.8. The number of nitrogens with zero attached hydrogens (tertiary/aromatic N) is 1. The van der Waals surface area contributed by atoms with E-state index in [4.69, 9.17) is 15.6 Å². The zero-order chi connectivity index (χ0) is 23.8. The van der Waals surface area contributed by atoms with Crippen LogP contribution in [0.25, 0.3) is 0 Å². The maximum absolute atomic E-state index is 13.4. The lowest BCUT2D eigenvalue weighted by atomic mass is 9.94. The molecule has 0 radical (unpaired) electrons. The first-order valence-corrected chi connectivity index (χ1v) is 10.2. The van der Waals surface area contributed by atoms with E-state index in [0.29, 0.717) is 0 Å². The number of alkyl carbamates (subject to hydrolysis) is 1. The third-order valence-electron chi connectivity index (χ3n) is 4.65. The average molecular weight is 436 g/mol. The maximum atomic E-state index is 13.4. The molecular weight excluding hydrogens is 402 g/mol. The molecule has 4 N–H and O–H groups in total. The summed E-state index contributed by atoms with van der Waals surface area (Å²) in [5.74, 6) is -2.77. The van der Waals surface area contributed by atoms with E-state index in [1.807, 2.05) is 18.2 Å². The van der Waals surface area contributed by atoms with Gasteiger partial charge in [0.15, 0.2) is 0 Å². The Hall–Kier alpha value is -3.10. The van der Waals surface area contributed by atoms with E-state index in [2.05, 4.69) is 5.32 Å². The Morgan fingerprint density at radius 2 is 1.71 bits per heavy atom. The number of carbonyl (C=O) groups is 4. The van der Waals surface area contributed by atoms with Crippen LogP contribution in [0.4, 0.5) is 4.79 Å². The number of rotatable bonds is 10. The number of nitrogens with two attached hydrogens (primary N) is 1. The van der Waals surface area contributed by atoms with Crippen molar-refractivity contribution in [1.82, 2.24) is 10.2 Å². The highest BCUT2D eigenvalue weighted by atomic mass is 16.5. The second-order valence-electron chi connectivity index (χ2n) is 8.66. The minimum atomic E-state index is -1.13. The summed E-state index contributed by atoms with van der Waals surface area (Å²) < 4.78 is 5.22. The molecule has 1 aromatic rings. The number of carbonyl (C=O) groups excluding carboxylic acids is 3. The van der Waals surface area contributed by atoms with E-state index in [9.17, 15) is 19.2 Å². The molecule has 0 aliphatic heterocycles. The summed E-state index contributed by atoms with van der Waals surface area (Å²) in [7, 11) is 0. The lowest BCUT2D eigenvalue weighted by molar-refractivity contribution is -0.149. The van der Waals surface area contributed by atoms with Crippen LogP contribution in [0.1, 0.15) is 53.0 Å². The van der Waals surface area contributed by atoms with Gasteiger partial charge in [-0.15, -0.1) is 0 Å². The largest absolute Gasteiger partial charge is 0.481 e. The predicted molar refractivity (Wildman–Crippen MR) is 115 cm³/mol. The van der Waals surface area contributed by atoms with Gasteiger partial charge in [0.1, 0.15) is 18.7 Å². The van der Waals surface area contributed by atoms with Gasteiger partial charge in [-0.1, -0.05) is 44.2 Å². The Bertz CT molecular complexity index is 773. The highest BCUT2D eigenvalue weighted by molar-refractivity contribution is 5.91. The highest BCUT2D eigenvalue weighted by Gasteiger charge is 2.41. The Balaban J connectivity index is 3.04. The van der Waals surface area contributed by atoms with Crippen LogP contribution in [0.2, 0.25) is 0 Å². The van der Waals surface area contributed by atoms with Crippen LogP contribution in [-0.4, -0.2) is 51.5 Å². The number of amides is 3. The number of carboxylic acid groups (broad SMARTS) is 1. The van der Waals surface area contributed by atoms with Crippen LogP contribution in [-0.2, 0) is 25.7 Å². The molecule has 31 heavy (non-hydrogen) atoms. The van der Waals surface area contributed by atoms with E-state index >= 15 is 0 Å². The van der Waals surface area contributed by atoms with Crippen molar-refractivity contribution in [2.24, 2.45) is 11.7 Å². The fraction of sp³-hybridized carbons (Fsp3) is 0.545. The van der Waals surface area contributed by atoms with Crippen molar-refractivity contribution in [3.8, 4) is 0 Å². The molecule has 9 heteroatoms. The molecular formula is C22H33N3O6. The molecule has 0 bridgehead atoms. The van der Waals surface area contributed by atoms with Gasteiger partial charge >= 0.3 is 12.1 Å². The first-order chi connectivity index (χ1) is 14.3. The quantitative estimate of drug-likeness (QED) is 0.515. The third kappa shape index (κ3) is 8.27. The first kappa shape index (κ1) is 25.9. The number of carboxylic acids is 1. The molecule has 0 aliphatic rings. The number of aliphatic carboxylic acids is 1. The van der Waals surface area contributed by atoms with Crippen LogP contribution in [0.15, 0.2) is 30.3 Å². The summed E-state index contributed by atoms with van der Waals surface area (Å²) in [4.78, 5) is 50.2. The molecule has 1 aromatic carbocycles. The Labute approximate surface area is 182 Å². The van der Waals surface area contributed by atoms with Gasteiger partial charge < -0.3 is 25.8 Å². The van der Waals surface area contributed by atoms with Crippen LogP contribution >= 0.6 is 0 Å². The number of benzene rings is 1. The summed E-state index contributed by atoms with van der Waals surface area (Å²) in [6.45, 7) is 8.68. The summed E-state index contributed by atoms with van der Waals surface area (Å²) in [6, 6.07) is 6.97. The number of ether oxygens (including phenoxy) is 1. The molecule has 9 nitrogen and oxygen atoms in total. The third-order valence-corrected chi connectivity index (χ3v) is 4.65. The topological polar surface area (TPSA) is 139 Å². The molecule has 2 atom stereocenters. The molecule has 0 aromatic heterocycles. The smallest absolute Gasteiger partial charge is 0.408 e. The van der Waals surface area contributed by atoms with Gasteiger partial charge in [-0.05, 0) is 38.7 Å². The van der Waals surface area contributed by atoms with E-state index in [1.165, 1.54) is 4.90 Å². The Morgan fingerprint density at radius 1 is 1.13 bits per heavy atom. The van der Waals surface area contributed by atoms with E-state index < -0.39 is 41.5 Å². The van der Waals surface area contributed by atoms with Gasteiger partial charge in [0.25, 0.3) is 0 Å². The molecule has 0 spiro atoms. The van der Waals surface area contributed by atoms with Crippen molar-refractivity contribution in [3.63, 3.8) is 0 Å². The van der Waals surface area contributed by atoms with E-state index in [0.717, 1.165) is 5.56 Å². The molecule has 0 heterocycles. The second kappa shape index (κ2) is 11.3. The fourth-order valence-electron chi connectivity index (χ4n) is 3.17. The second-order valence-corrected chi connectivity index (χ2v) is 8.66. The number of nitrogens with one attached hydrogen (secondary N) is 1. The van der Waals surface area contributed by atoms with E-state index in [-0.39, 0.29) is 25.4 Å². The van der Waals surface area contributed by atoms with Gasteiger partial charge in [-0.25, -0.2) is 4.79 Å². The molecule has 0 saturated heterocycles. The summed E-state index contributed by atoms with van der Waals surface area (Å²) in [5.41, 5.74) is 5.46. The molecule has 0 fully saturated rings. The van der Waals surface area contributed by atoms with Gasteiger partial charge in [0.05, 0.1) is 0 Å². The zero-order valence-electron chi connectivity index (χ0n) is 18.8. The number of primary amides is 1. The summed E-state index contributed by atoms with van der Waals surface area (Å²) in [6.07, 6.45) is -1.23. The average Bonchev–Trinajstić information content (AvgIpc) is 2.66. The molecule has 3 amide bonds. The lowest BCUT2D eigenvalue weighted by Gasteiger charge is -2.42. The highest BCUT2D eigenvalue weighted by Crippen LogP contribution is 2.23. The van der Waals surface area contributed by atoms with Crippen molar-refractivity contribution < 1.29 is 29.0 Å². The summed E-state index contributed by atoms with van der Waals surface area (Å²) >= 11 is 0. The SMILES string of the molecule is CC(C)[C@H](NC(=O)OCc1ccccc1)C(=O)N([C@H](CCC(=O)O)C(N)=O)C(C)(C)C.